The predicted molar refractivity (Wildman–Crippen MR) is 101 cm³/mol. The van der Waals surface area contributed by atoms with Crippen LogP contribution < -0.4 is 0 Å². The highest BCUT2D eigenvalue weighted by Gasteiger charge is 2.38. The number of carbonyl (C=O) groups is 1. The second kappa shape index (κ2) is 6.54. The summed E-state index contributed by atoms with van der Waals surface area (Å²) < 4.78 is 0. The number of H-pyrrole nitrogens is 1. The van der Waals surface area contributed by atoms with Crippen LogP contribution in [0.5, 0.6) is 0 Å². The molecular weight excluding hydrogens is 324 g/mol. The summed E-state index contributed by atoms with van der Waals surface area (Å²) >= 11 is 0. The van der Waals surface area contributed by atoms with Gasteiger partial charge in [-0.3, -0.25) is 9.69 Å². The summed E-state index contributed by atoms with van der Waals surface area (Å²) in [4.78, 5) is 25.4. The molecule has 2 atom stereocenters. The molecule has 3 saturated heterocycles. The number of amides is 1. The molecule has 1 saturated carbocycles. The average molecular weight is 350 g/mol. The Labute approximate surface area is 154 Å². The molecule has 136 valence electrons. The number of rotatable bonds is 4. The summed E-state index contributed by atoms with van der Waals surface area (Å²) in [5.74, 6) is 2.53. The number of aromatic amines is 1. The minimum absolute atomic E-state index is 0.170. The Balaban J connectivity index is 1.35. The first kappa shape index (κ1) is 16.1. The van der Waals surface area contributed by atoms with Gasteiger partial charge in [0.2, 0.25) is 0 Å². The average Bonchev–Trinajstić information content (AvgIpc) is 3.40. The number of hydrogen-bond donors (Lipinski definition) is 1. The Morgan fingerprint density at radius 3 is 2.88 bits per heavy atom. The number of piperidine rings is 1. The van der Waals surface area contributed by atoms with Crippen LogP contribution >= 0.6 is 0 Å². The summed E-state index contributed by atoms with van der Waals surface area (Å²) in [7, 11) is 0. The van der Waals surface area contributed by atoms with Gasteiger partial charge in [-0.25, -0.2) is 4.98 Å². The van der Waals surface area contributed by atoms with Crippen molar-refractivity contribution in [2.75, 3.05) is 26.2 Å². The molecule has 3 aliphatic heterocycles. The highest BCUT2D eigenvalue weighted by Crippen LogP contribution is 2.35. The van der Waals surface area contributed by atoms with Gasteiger partial charge in [0.05, 0.1) is 0 Å². The fraction of sp³-hybridized carbons (Fsp3) is 0.524. The highest BCUT2D eigenvalue weighted by atomic mass is 16.2. The fourth-order valence-electron chi connectivity index (χ4n) is 4.61. The quantitative estimate of drug-likeness (QED) is 0.922. The molecule has 1 amide bonds. The Morgan fingerprint density at radius 2 is 2.08 bits per heavy atom. The third-order valence-electron chi connectivity index (χ3n) is 6.18. The van der Waals surface area contributed by atoms with Crippen molar-refractivity contribution >= 4 is 5.91 Å². The van der Waals surface area contributed by atoms with E-state index in [1.54, 1.807) is 6.20 Å². The van der Waals surface area contributed by atoms with E-state index >= 15 is 0 Å². The molecule has 2 aromatic rings. The van der Waals surface area contributed by atoms with Crippen LogP contribution in [-0.4, -0.2) is 57.9 Å². The van der Waals surface area contributed by atoms with Gasteiger partial charge in [0, 0.05) is 55.7 Å². The van der Waals surface area contributed by atoms with Gasteiger partial charge in [-0.15, -0.1) is 0 Å². The lowest BCUT2D eigenvalue weighted by Crippen LogP contribution is -2.45. The lowest BCUT2D eigenvalue weighted by atomic mass is 9.95. The van der Waals surface area contributed by atoms with Crippen LogP contribution in [0.1, 0.15) is 36.0 Å². The highest BCUT2D eigenvalue weighted by molar-refractivity contribution is 5.95. The van der Waals surface area contributed by atoms with Crippen LogP contribution in [0.4, 0.5) is 0 Å². The van der Waals surface area contributed by atoms with Gasteiger partial charge in [0.25, 0.3) is 5.91 Å². The molecule has 26 heavy (non-hydrogen) atoms. The number of fused-ring (bicyclic) bond motifs is 4. The van der Waals surface area contributed by atoms with Gasteiger partial charge in [-0.2, -0.15) is 0 Å². The molecule has 1 aromatic heterocycles. The Bertz CT molecular complexity index is 783. The maximum absolute atomic E-state index is 13.2. The zero-order valence-electron chi connectivity index (χ0n) is 15.1. The standard InChI is InChI=1S/C21H26N4O/c26-21(18-3-1-2-17(10-18)20-22-8-9-23-20)25-13-16-6-7-19(14-25)24(12-16)11-15-4-5-15/h1-3,8-10,15-16,19H,4-7,11-14H2,(H,22,23)/t16-,19-/m0/s1. The maximum Gasteiger partial charge on any atom is 0.253 e. The first-order valence-electron chi connectivity index (χ1n) is 9.89. The monoisotopic (exact) mass is 350 g/mol. The summed E-state index contributed by atoms with van der Waals surface area (Å²) in [5, 5.41) is 0. The zero-order chi connectivity index (χ0) is 17.5. The molecule has 4 heterocycles. The SMILES string of the molecule is O=C(c1cccc(-c2ncc[nH]2)c1)N1C[C@H]2CC[C@@H](C1)N(CC1CC1)C2. The van der Waals surface area contributed by atoms with Gasteiger partial charge in [-0.1, -0.05) is 12.1 Å². The number of aromatic nitrogens is 2. The second-order valence-electron chi connectivity index (χ2n) is 8.22. The molecule has 1 aromatic carbocycles. The molecule has 5 nitrogen and oxygen atoms in total. The molecule has 1 aliphatic carbocycles. The Morgan fingerprint density at radius 1 is 1.15 bits per heavy atom. The molecular formula is C21H26N4O. The van der Waals surface area contributed by atoms with Crippen molar-refractivity contribution in [3.8, 4) is 11.4 Å². The van der Waals surface area contributed by atoms with Crippen molar-refractivity contribution in [3.05, 3.63) is 42.2 Å². The lowest BCUT2D eigenvalue weighted by molar-refractivity contribution is 0.0737. The Hall–Kier alpha value is -2.14. The van der Waals surface area contributed by atoms with E-state index < -0.39 is 0 Å². The van der Waals surface area contributed by atoms with Crippen LogP contribution in [0, 0.1) is 11.8 Å². The molecule has 4 aliphatic rings. The van der Waals surface area contributed by atoms with E-state index in [9.17, 15) is 4.79 Å². The first-order valence-corrected chi connectivity index (χ1v) is 9.89. The zero-order valence-corrected chi connectivity index (χ0v) is 15.1. The molecule has 5 heteroatoms. The number of benzene rings is 1. The third kappa shape index (κ3) is 3.16. The third-order valence-corrected chi connectivity index (χ3v) is 6.18. The molecule has 4 fully saturated rings. The van der Waals surface area contributed by atoms with Crippen LogP contribution in [0.15, 0.2) is 36.7 Å². The van der Waals surface area contributed by atoms with E-state index in [1.807, 2.05) is 30.5 Å². The van der Waals surface area contributed by atoms with Crippen molar-refractivity contribution in [2.24, 2.45) is 11.8 Å². The first-order chi connectivity index (χ1) is 12.8. The van der Waals surface area contributed by atoms with Crippen LogP contribution in [0.3, 0.4) is 0 Å². The van der Waals surface area contributed by atoms with Crippen molar-refractivity contribution in [1.29, 1.82) is 0 Å². The van der Waals surface area contributed by atoms with Gasteiger partial charge in [0.1, 0.15) is 5.82 Å². The van der Waals surface area contributed by atoms with Gasteiger partial charge in [-0.05, 0) is 49.7 Å². The topological polar surface area (TPSA) is 52.2 Å². The van der Waals surface area contributed by atoms with E-state index in [4.69, 9.17) is 0 Å². The van der Waals surface area contributed by atoms with Crippen molar-refractivity contribution < 1.29 is 4.79 Å². The largest absolute Gasteiger partial charge is 0.345 e. The number of carbonyl (C=O) groups excluding carboxylic acids is 1. The Kier molecular flexibility index (Phi) is 4.04. The van der Waals surface area contributed by atoms with Crippen molar-refractivity contribution in [3.63, 3.8) is 0 Å². The number of hydrogen-bond acceptors (Lipinski definition) is 3. The molecule has 1 N–H and O–H groups in total. The minimum atomic E-state index is 0.170. The van der Waals surface area contributed by atoms with Gasteiger partial charge in [0.15, 0.2) is 0 Å². The lowest BCUT2D eigenvalue weighted by Gasteiger charge is -2.36. The summed E-state index contributed by atoms with van der Waals surface area (Å²) in [6, 6.07) is 8.40. The fourth-order valence-corrected chi connectivity index (χ4v) is 4.61. The van der Waals surface area contributed by atoms with E-state index in [0.29, 0.717) is 12.0 Å². The van der Waals surface area contributed by atoms with E-state index in [1.165, 1.54) is 38.8 Å². The molecule has 6 rings (SSSR count). The van der Waals surface area contributed by atoms with Crippen LogP contribution in [0.25, 0.3) is 11.4 Å². The van der Waals surface area contributed by atoms with Crippen LogP contribution in [0.2, 0.25) is 0 Å². The van der Waals surface area contributed by atoms with E-state index in [2.05, 4.69) is 19.8 Å². The predicted octanol–water partition coefficient (Wildman–Crippen LogP) is 3.02. The smallest absolute Gasteiger partial charge is 0.253 e. The molecule has 2 bridgehead atoms. The number of imidazole rings is 1. The normalized spacial score (nSPS) is 26.1. The number of nitrogens with one attached hydrogen (secondary N) is 1. The summed E-state index contributed by atoms with van der Waals surface area (Å²) in [6.45, 7) is 4.21. The summed E-state index contributed by atoms with van der Waals surface area (Å²) in [5.41, 5.74) is 1.74. The second-order valence-corrected chi connectivity index (χ2v) is 8.22. The maximum atomic E-state index is 13.2. The summed E-state index contributed by atoms with van der Waals surface area (Å²) in [6.07, 6.45) is 8.86. The van der Waals surface area contributed by atoms with Gasteiger partial charge >= 0.3 is 0 Å². The molecule has 0 spiro atoms. The molecule has 0 unspecified atom stereocenters. The van der Waals surface area contributed by atoms with Crippen molar-refractivity contribution in [2.45, 2.75) is 31.7 Å². The van der Waals surface area contributed by atoms with Gasteiger partial charge < -0.3 is 9.88 Å². The van der Waals surface area contributed by atoms with Crippen molar-refractivity contribution in [1.82, 2.24) is 19.8 Å². The van der Waals surface area contributed by atoms with E-state index in [0.717, 1.165) is 36.0 Å². The minimum Gasteiger partial charge on any atom is -0.345 e. The molecule has 0 radical (unpaired) electrons. The number of nitrogens with zero attached hydrogens (tertiary/aromatic N) is 3. The van der Waals surface area contributed by atoms with E-state index in [-0.39, 0.29) is 5.91 Å². The van der Waals surface area contributed by atoms with Crippen LogP contribution in [-0.2, 0) is 0 Å².